The maximum atomic E-state index is 5.51. The summed E-state index contributed by atoms with van der Waals surface area (Å²) in [4.78, 5) is 0. The third-order valence-electron chi connectivity index (χ3n) is 3.06. The SMILES string of the molecule is NCCCc1nnc(-c2ccc3ccccc3c2)s1. The average Bonchev–Trinajstić information content (AvgIpc) is 2.93. The van der Waals surface area contributed by atoms with Crippen molar-refractivity contribution in [1.29, 1.82) is 0 Å². The minimum absolute atomic E-state index is 0.699. The molecule has 3 nitrogen and oxygen atoms in total. The van der Waals surface area contributed by atoms with Gasteiger partial charge in [0.25, 0.3) is 0 Å². The summed E-state index contributed by atoms with van der Waals surface area (Å²) < 4.78 is 0. The van der Waals surface area contributed by atoms with Crippen molar-refractivity contribution in [3.63, 3.8) is 0 Å². The van der Waals surface area contributed by atoms with Crippen LogP contribution in [0.4, 0.5) is 0 Å². The summed E-state index contributed by atoms with van der Waals surface area (Å²) in [6.07, 6.45) is 1.88. The predicted octanol–water partition coefficient (Wildman–Crippen LogP) is 3.25. The maximum Gasteiger partial charge on any atom is 0.147 e. The summed E-state index contributed by atoms with van der Waals surface area (Å²) >= 11 is 1.66. The minimum atomic E-state index is 0.699. The molecule has 0 bridgehead atoms. The average molecular weight is 269 g/mol. The monoisotopic (exact) mass is 269 g/mol. The van der Waals surface area contributed by atoms with E-state index < -0.39 is 0 Å². The van der Waals surface area contributed by atoms with E-state index in [1.165, 1.54) is 10.8 Å². The highest BCUT2D eigenvalue weighted by Gasteiger charge is 2.06. The molecule has 0 saturated heterocycles. The highest BCUT2D eigenvalue weighted by atomic mass is 32.1. The third kappa shape index (κ3) is 2.64. The van der Waals surface area contributed by atoms with Gasteiger partial charge in [0.2, 0.25) is 0 Å². The number of fused-ring (bicyclic) bond motifs is 1. The number of nitrogens with two attached hydrogens (primary N) is 1. The van der Waals surface area contributed by atoms with E-state index in [0.29, 0.717) is 6.54 Å². The van der Waals surface area contributed by atoms with Crippen LogP contribution in [0.2, 0.25) is 0 Å². The molecular weight excluding hydrogens is 254 g/mol. The normalized spacial score (nSPS) is 11.0. The zero-order chi connectivity index (χ0) is 13.1. The van der Waals surface area contributed by atoms with Crippen LogP contribution in [0.5, 0.6) is 0 Å². The topological polar surface area (TPSA) is 51.8 Å². The lowest BCUT2D eigenvalue weighted by molar-refractivity contribution is 0.812. The van der Waals surface area contributed by atoms with Crippen LogP contribution >= 0.6 is 11.3 Å². The number of nitrogens with zero attached hydrogens (tertiary/aromatic N) is 2. The highest BCUT2D eigenvalue weighted by Crippen LogP contribution is 2.27. The Balaban J connectivity index is 1.92. The standard InChI is InChI=1S/C15H15N3S/c16-9-3-6-14-17-18-15(19-14)13-8-7-11-4-1-2-5-12(11)10-13/h1-2,4-5,7-8,10H,3,6,9,16H2. The van der Waals surface area contributed by atoms with Crippen molar-refractivity contribution in [3.8, 4) is 10.6 Å². The summed E-state index contributed by atoms with van der Waals surface area (Å²) in [7, 11) is 0. The van der Waals surface area contributed by atoms with Gasteiger partial charge in [0.1, 0.15) is 10.0 Å². The molecule has 0 aliphatic heterocycles. The van der Waals surface area contributed by atoms with Gasteiger partial charge in [-0.2, -0.15) is 0 Å². The first-order valence-corrected chi connectivity index (χ1v) is 7.20. The Morgan fingerprint density at radius 2 is 1.84 bits per heavy atom. The molecule has 0 radical (unpaired) electrons. The van der Waals surface area contributed by atoms with Crippen LogP contribution in [0.3, 0.4) is 0 Å². The maximum absolute atomic E-state index is 5.51. The van der Waals surface area contributed by atoms with Crippen molar-refractivity contribution in [2.45, 2.75) is 12.8 Å². The largest absolute Gasteiger partial charge is 0.330 e. The first-order chi connectivity index (χ1) is 9.36. The Bertz CT molecular complexity index is 690. The Labute approximate surface area is 116 Å². The smallest absolute Gasteiger partial charge is 0.147 e. The van der Waals surface area contributed by atoms with Gasteiger partial charge in [-0.25, -0.2) is 0 Å². The van der Waals surface area contributed by atoms with Crippen molar-refractivity contribution < 1.29 is 0 Å². The number of rotatable bonds is 4. The molecule has 96 valence electrons. The Morgan fingerprint density at radius 3 is 2.68 bits per heavy atom. The van der Waals surface area contributed by atoms with Gasteiger partial charge in [-0.1, -0.05) is 47.7 Å². The first kappa shape index (κ1) is 12.3. The fraction of sp³-hybridized carbons (Fsp3) is 0.200. The van der Waals surface area contributed by atoms with E-state index in [4.69, 9.17) is 5.73 Å². The van der Waals surface area contributed by atoms with Crippen molar-refractivity contribution >= 4 is 22.1 Å². The molecule has 0 unspecified atom stereocenters. The van der Waals surface area contributed by atoms with Gasteiger partial charge in [-0.05, 0) is 29.8 Å². The molecule has 3 aromatic rings. The third-order valence-corrected chi connectivity index (χ3v) is 4.09. The molecule has 19 heavy (non-hydrogen) atoms. The quantitative estimate of drug-likeness (QED) is 0.791. The lowest BCUT2D eigenvalue weighted by Gasteiger charge is -1.99. The molecule has 0 fully saturated rings. The molecule has 0 spiro atoms. The molecule has 2 N–H and O–H groups in total. The lowest BCUT2D eigenvalue weighted by Crippen LogP contribution is -1.99. The Morgan fingerprint density at radius 1 is 1.00 bits per heavy atom. The van der Waals surface area contributed by atoms with Crippen LogP contribution in [0.1, 0.15) is 11.4 Å². The van der Waals surface area contributed by atoms with E-state index >= 15 is 0 Å². The second kappa shape index (κ2) is 5.47. The molecule has 0 atom stereocenters. The van der Waals surface area contributed by atoms with Crippen molar-refractivity contribution in [2.24, 2.45) is 5.73 Å². The fourth-order valence-corrected chi connectivity index (χ4v) is 2.92. The highest BCUT2D eigenvalue weighted by molar-refractivity contribution is 7.14. The summed E-state index contributed by atoms with van der Waals surface area (Å²) in [6, 6.07) is 14.8. The predicted molar refractivity (Wildman–Crippen MR) is 80.2 cm³/mol. The van der Waals surface area contributed by atoms with Crippen LogP contribution in [0.25, 0.3) is 21.3 Å². The number of hydrogen-bond acceptors (Lipinski definition) is 4. The van der Waals surface area contributed by atoms with Gasteiger partial charge < -0.3 is 5.73 Å². The van der Waals surface area contributed by atoms with Gasteiger partial charge in [0.05, 0.1) is 0 Å². The van der Waals surface area contributed by atoms with Crippen LogP contribution < -0.4 is 5.73 Å². The van der Waals surface area contributed by atoms with Crippen LogP contribution in [0.15, 0.2) is 42.5 Å². The lowest BCUT2D eigenvalue weighted by atomic mass is 10.1. The van der Waals surface area contributed by atoms with Crippen LogP contribution in [-0.4, -0.2) is 16.7 Å². The molecule has 0 aliphatic rings. The fourth-order valence-electron chi connectivity index (χ4n) is 2.05. The molecular formula is C15H15N3S. The van der Waals surface area contributed by atoms with Crippen molar-refractivity contribution in [1.82, 2.24) is 10.2 Å². The van der Waals surface area contributed by atoms with E-state index in [1.807, 2.05) is 0 Å². The van der Waals surface area contributed by atoms with E-state index in [-0.39, 0.29) is 0 Å². The van der Waals surface area contributed by atoms with Crippen molar-refractivity contribution in [2.75, 3.05) is 6.54 Å². The van der Waals surface area contributed by atoms with E-state index in [1.54, 1.807) is 11.3 Å². The van der Waals surface area contributed by atoms with Gasteiger partial charge in [-0.3, -0.25) is 0 Å². The van der Waals surface area contributed by atoms with Crippen molar-refractivity contribution in [3.05, 3.63) is 47.5 Å². The van der Waals surface area contributed by atoms with Gasteiger partial charge in [0.15, 0.2) is 0 Å². The number of benzene rings is 2. The van der Waals surface area contributed by atoms with Crippen LogP contribution in [0, 0.1) is 0 Å². The summed E-state index contributed by atoms with van der Waals surface area (Å²) in [5, 5.41) is 13.0. The second-order valence-electron chi connectivity index (χ2n) is 4.46. The Hall–Kier alpha value is -1.78. The number of aryl methyl sites for hydroxylation is 1. The molecule has 0 aliphatic carbocycles. The van der Waals surface area contributed by atoms with Gasteiger partial charge in [-0.15, -0.1) is 10.2 Å². The minimum Gasteiger partial charge on any atom is -0.330 e. The molecule has 4 heteroatoms. The van der Waals surface area contributed by atoms with Gasteiger partial charge >= 0.3 is 0 Å². The second-order valence-corrected chi connectivity index (χ2v) is 5.52. The molecule has 1 heterocycles. The molecule has 3 rings (SSSR count). The molecule has 1 aromatic heterocycles. The Kier molecular flexibility index (Phi) is 3.53. The zero-order valence-electron chi connectivity index (χ0n) is 10.5. The zero-order valence-corrected chi connectivity index (χ0v) is 11.4. The summed E-state index contributed by atoms with van der Waals surface area (Å²) in [6.45, 7) is 0.699. The molecule has 0 saturated carbocycles. The molecule has 2 aromatic carbocycles. The van der Waals surface area contributed by atoms with E-state index in [9.17, 15) is 0 Å². The number of hydrogen-bond donors (Lipinski definition) is 1. The summed E-state index contributed by atoms with van der Waals surface area (Å²) in [5.74, 6) is 0. The summed E-state index contributed by atoms with van der Waals surface area (Å²) in [5.41, 5.74) is 6.65. The van der Waals surface area contributed by atoms with Crippen LogP contribution in [-0.2, 0) is 6.42 Å². The van der Waals surface area contributed by atoms with E-state index in [2.05, 4.69) is 52.7 Å². The first-order valence-electron chi connectivity index (χ1n) is 6.38. The number of aromatic nitrogens is 2. The van der Waals surface area contributed by atoms with Gasteiger partial charge in [0, 0.05) is 12.0 Å². The van der Waals surface area contributed by atoms with E-state index in [0.717, 1.165) is 28.4 Å². The molecule has 0 amide bonds.